The summed E-state index contributed by atoms with van der Waals surface area (Å²) in [5, 5.41) is 0. The predicted molar refractivity (Wildman–Crippen MR) is 112 cm³/mol. The summed E-state index contributed by atoms with van der Waals surface area (Å²) in [4.78, 5) is 20.2. The monoisotopic (exact) mass is 383 g/mol. The lowest BCUT2D eigenvalue weighted by Crippen LogP contribution is -2.41. The molecular formula is C25H25N3O. The first-order chi connectivity index (χ1) is 14.3. The molecule has 1 aromatic heterocycles. The van der Waals surface area contributed by atoms with Gasteiger partial charge in [0.05, 0.1) is 11.6 Å². The number of amides is 1. The van der Waals surface area contributed by atoms with Gasteiger partial charge < -0.3 is 9.47 Å². The predicted octanol–water partition coefficient (Wildman–Crippen LogP) is 4.26. The molecule has 3 aromatic rings. The number of carbonyl (C=O) groups excluding carboxylic acids is 1. The van der Waals surface area contributed by atoms with Crippen LogP contribution in [0.4, 0.5) is 0 Å². The van der Waals surface area contributed by atoms with Crippen molar-refractivity contribution >= 4 is 5.91 Å². The Morgan fingerprint density at radius 2 is 1.97 bits per heavy atom. The van der Waals surface area contributed by atoms with Gasteiger partial charge in [-0.2, -0.15) is 0 Å². The summed E-state index contributed by atoms with van der Waals surface area (Å²) in [7, 11) is 0. The number of likely N-dealkylation sites (tertiary alicyclic amines) is 1. The topological polar surface area (TPSA) is 38.1 Å². The van der Waals surface area contributed by atoms with Crippen LogP contribution >= 0.6 is 0 Å². The van der Waals surface area contributed by atoms with E-state index >= 15 is 0 Å². The Bertz CT molecular complexity index is 1050. The van der Waals surface area contributed by atoms with Gasteiger partial charge in [0.15, 0.2) is 0 Å². The van der Waals surface area contributed by atoms with Crippen molar-refractivity contribution in [2.24, 2.45) is 11.8 Å². The lowest BCUT2D eigenvalue weighted by molar-refractivity contribution is -0.136. The maximum absolute atomic E-state index is 13.3. The number of aromatic nitrogens is 2. The molecule has 29 heavy (non-hydrogen) atoms. The number of nitrogens with zero attached hydrogens (tertiary/aromatic N) is 3. The van der Waals surface area contributed by atoms with Crippen molar-refractivity contribution in [2.45, 2.75) is 38.3 Å². The van der Waals surface area contributed by atoms with Gasteiger partial charge in [-0.1, -0.05) is 48.5 Å². The van der Waals surface area contributed by atoms with E-state index < -0.39 is 0 Å². The van der Waals surface area contributed by atoms with Gasteiger partial charge in [-0.25, -0.2) is 4.98 Å². The number of imidazole rings is 1. The van der Waals surface area contributed by atoms with Crippen molar-refractivity contribution in [3.05, 3.63) is 77.7 Å². The smallest absolute Gasteiger partial charge is 0.230 e. The molecule has 0 N–H and O–H groups in total. The molecular weight excluding hydrogens is 358 g/mol. The highest BCUT2D eigenvalue weighted by Crippen LogP contribution is 2.53. The number of hydrogen-bond donors (Lipinski definition) is 0. The minimum absolute atomic E-state index is 0.0363. The third kappa shape index (κ3) is 2.98. The van der Waals surface area contributed by atoms with Crippen LogP contribution in [0.15, 0.2) is 60.8 Å². The van der Waals surface area contributed by atoms with Crippen LogP contribution in [0.1, 0.15) is 35.7 Å². The molecule has 1 aliphatic carbocycles. The second-order valence-corrected chi connectivity index (χ2v) is 8.81. The van der Waals surface area contributed by atoms with E-state index in [1.165, 1.54) is 29.8 Å². The zero-order valence-electron chi connectivity index (χ0n) is 16.5. The Hall–Kier alpha value is -2.88. The minimum atomic E-state index is 0.0363. The molecule has 1 amide bonds. The maximum Gasteiger partial charge on any atom is 0.230 e. The van der Waals surface area contributed by atoms with Gasteiger partial charge in [-0.15, -0.1) is 0 Å². The standard InChI is InChI=1S/C25H25N3O/c29-25-24(18-7-2-1-3-8-18)21-13-20(21)15-28(25)14-17-6-4-9-19(12-17)22-16-27-11-5-10-23(27)26-22/h1-4,6-9,12,16,20-21,24H,5,10-11,13-15H2/t20?,21-,24?/m1/s1. The van der Waals surface area contributed by atoms with E-state index in [-0.39, 0.29) is 5.92 Å². The number of fused-ring (bicyclic) bond motifs is 2. The molecule has 0 bridgehead atoms. The van der Waals surface area contributed by atoms with Crippen molar-refractivity contribution < 1.29 is 4.79 Å². The molecule has 2 fully saturated rings. The highest BCUT2D eigenvalue weighted by Gasteiger charge is 2.52. The zero-order valence-corrected chi connectivity index (χ0v) is 16.5. The molecule has 2 unspecified atom stereocenters. The summed E-state index contributed by atoms with van der Waals surface area (Å²) in [5.74, 6) is 2.73. The van der Waals surface area contributed by atoms with Gasteiger partial charge in [0.1, 0.15) is 5.82 Å². The third-order valence-electron chi connectivity index (χ3n) is 6.85. The summed E-state index contributed by atoms with van der Waals surface area (Å²) in [6.07, 6.45) is 5.63. The Morgan fingerprint density at radius 1 is 1.07 bits per heavy atom. The summed E-state index contributed by atoms with van der Waals surface area (Å²) in [5.41, 5.74) is 4.57. The molecule has 0 spiro atoms. The van der Waals surface area contributed by atoms with Crippen molar-refractivity contribution in [3.63, 3.8) is 0 Å². The number of piperidine rings is 1. The van der Waals surface area contributed by atoms with E-state index in [4.69, 9.17) is 4.98 Å². The van der Waals surface area contributed by atoms with E-state index in [1.807, 2.05) is 18.2 Å². The molecule has 6 rings (SSSR count). The average Bonchev–Trinajstić information content (AvgIpc) is 3.17. The summed E-state index contributed by atoms with van der Waals surface area (Å²) in [6.45, 7) is 2.66. The van der Waals surface area contributed by atoms with Gasteiger partial charge in [0, 0.05) is 37.8 Å². The lowest BCUT2D eigenvalue weighted by atomic mass is 9.89. The van der Waals surface area contributed by atoms with Crippen LogP contribution in [0.5, 0.6) is 0 Å². The summed E-state index contributed by atoms with van der Waals surface area (Å²) < 4.78 is 2.27. The second kappa shape index (κ2) is 6.58. The van der Waals surface area contributed by atoms with Crippen LogP contribution in [0.3, 0.4) is 0 Å². The summed E-state index contributed by atoms with van der Waals surface area (Å²) in [6, 6.07) is 18.9. The Labute approximate surface area is 171 Å². The molecule has 2 aliphatic heterocycles. The molecule has 3 aliphatic rings. The van der Waals surface area contributed by atoms with Crippen LogP contribution in [-0.2, 0) is 24.3 Å². The van der Waals surface area contributed by atoms with Crippen molar-refractivity contribution in [1.29, 1.82) is 0 Å². The van der Waals surface area contributed by atoms with Crippen molar-refractivity contribution in [1.82, 2.24) is 14.5 Å². The van der Waals surface area contributed by atoms with Crippen LogP contribution in [0, 0.1) is 11.8 Å². The normalized spacial score (nSPS) is 25.0. The first kappa shape index (κ1) is 17.0. The molecule has 0 radical (unpaired) electrons. The average molecular weight is 383 g/mol. The molecule has 1 saturated heterocycles. The number of aryl methyl sites for hydroxylation is 2. The largest absolute Gasteiger partial charge is 0.338 e. The molecule has 2 aromatic carbocycles. The van der Waals surface area contributed by atoms with Crippen LogP contribution in [0.25, 0.3) is 11.3 Å². The Kier molecular flexibility index (Phi) is 3.86. The van der Waals surface area contributed by atoms with Gasteiger partial charge in [0.25, 0.3) is 0 Å². The summed E-state index contributed by atoms with van der Waals surface area (Å²) >= 11 is 0. The minimum Gasteiger partial charge on any atom is -0.338 e. The quantitative estimate of drug-likeness (QED) is 0.675. The second-order valence-electron chi connectivity index (χ2n) is 8.81. The fraction of sp³-hybridized carbons (Fsp3) is 0.360. The molecule has 3 heterocycles. The fourth-order valence-corrected chi connectivity index (χ4v) is 5.28. The molecule has 1 saturated carbocycles. The molecule has 3 atom stereocenters. The first-order valence-electron chi connectivity index (χ1n) is 10.8. The van der Waals surface area contributed by atoms with Gasteiger partial charge in [-0.05, 0) is 41.9 Å². The lowest BCUT2D eigenvalue weighted by Gasteiger charge is -2.32. The highest BCUT2D eigenvalue weighted by molar-refractivity contribution is 5.86. The third-order valence-corrected chi connectivity index (χ3v) is 6.85. The van der Waals surface area contributed by atoms with Gasteiger partial charge >= 0.3 is 0 Å². The Balaban J connectivity index is 1.25. The number of hydrogen-bond acceptors (Lipinski definition) is 2. The SMILES string of the molecule is O=C1C(c2ccccc2)[C@@H]2CC2CN1Cc1cccc(-c2cn3c(n2)CCC3)c1. The van der Waals surface area contributed by atoms with E-state index in [9.17, 15) is 4.79 Å². The Morgan fingerprint density at radius 3 is 2.83 bits per heavy atom. The van der Waals surface area contributed by atoms with E-state index in [2.05, 4.69) is 52.1 Å². The van der Waals surface area contributed by atoms with Crippen molar-refractivity contribution in [3.8, 4) is 11.3 Å². The zero-order chi connectivity index (χ0) is 19.4. The van der Waals surface area contributed by atoms with Crippen molar-refractivity contribution in [2.75, 3.05) is 6.54 Å². The van der Waals surface area contributed by atoms with Crippen LogP contribution in [0.2, 0.25) is 0 Å². The van der Waals surface area contributed by atoms with Crippen LogP contribution < -0.4 is 0 Å². The number of benzene rings is 2. The maximum atomic E-state index is 13.3. The van der Waals surface area contributed by atoms with E-state index in [0.717, 1.165) is 30.8 Å². The molecule has 4 heteroatoms. The van der Waals surface area contributed by atoms with E-state index in [1.54, 1.807) is 0 Å². The van der Waals surface area contributed by atoms with Crippen LogP contribution in [-0.4, -0.2) is 26.9 Å². The number of carbonyl (C=O) groups is 1. The van der Waals surface area contributed by atoms with Gasteiger partial charge in [-0.3, -0.25) is 4.79 Å². The van der Waals surface area contributed by atoms with Gasteiger partial charge in [0.2, 0.25) is 5.91 Å². The molecule has 146 valence electrons. The first-order valence-corrected chi connectivity index (χ1v) is 10.8. The molecule has 4 nitrogen and oxygen atoms in total. The van der Waals surface area contributed by atoms with E-state index in [0.29, 0.717) is 24.3 Å². The highest BCUT2D eigenvalue weighted by atomic mass is 16.2. The number of rotatable bonds is 4. The fourth-order valence-electron chi connectivity index (χ4n) is 5.28.